The summed E-state index contributed by atoms with van der Waals surface area (Å²) in [5.41, 5.74) is 1.30. The molecule has 1 unspecified atom stereocenters. The Labute approximate surface area is 182 Å². The molecule has 7 heteroatoms. The molecule has 2 fully saturated rings. The molecule has 0 bridgehead atoms. The van der Waals surface area contributed by atoms with Crippen molar-refractivity contribution >= 4 is 22.9 Å². The molecule has 1 spiro atoms. The van der Waals surface area contributed by atoms with Gasteiger partial charge in [0.1, 0.15) is 23.6 Å². The fraction of sp³-hybridized carbons (Fsp3) is 0.458. The summed E-state index contributed by atoms with van der Waals surface area (Å²) in [6.07, 6.45) is 5.61. The lowest BCUT2D eigenvalue weighted by Crippen LogP contribution is -2.60. The van der Waals surface area contributed by atoms with Crippen LogP contribution >= 0.6 is 0 Å². The number of fused-ring (bicyclic) bond motifs is 1. The van der Waals surface area contributed by atoms with Crippen LogP contribution in [0.5, 0.6) is 0 Å². The van der Waals surface area contributed by atoms with Crippen molar-refractivity contribution in [3.63, 3.8) is 0 Å². The number of likely N-dealkylation sites (tertiary alicyclic amines) is 1. The van der Waals surface area contributed by atoms with Crippen molar-refractivity contribution in [1.29, 1.82) is 0 Å². The number of carbonyl (C=O) groups is 1. The van der Waals surface area contributed by atoms with E-state index in [2.05, 4.69) is 10.3 Å². The Kier molecular flexibility index (Phi) is 4.64. The molecule has 1 N–H and O–H groups in total. The summed E-state index contributed by atoms with van der Waals surface area (Å²) >= 11 is 0. The molecule has 31 heavy (non-hydrogen) atoms. The number of hydrogen-bond donors (Lipinski definition) is 1. The minimum Gasteiger partial charge on any atom is -0.444 e. The second-order valence-electron chi connectivity index (χ2n) is 9.56. The first-order chi connectivity index (χ1) is 14.9. The van der Waals surface area contributed by atoms with Crippen molar-refractivity contribution in [1.82, 2.24) is 19.4 Å². The van der Waals surface area contributed by atoms with E-state index in [4.69, 9.17) is 9.72 Å². The number of hydrogen-bond acceptors (Lipinski definition) is 5. The molecule has 0 radical (unpaired) electrons. The molecule has 3 heterocycles. The highest BCUT2D eigenvalue weighted by Crippen LogP contribution is 2.47. The van der Waals surface area contributed by atoms with Crippen LogP contribution in [0.25, 0.3) is 16.9 Å². The van der Waals surface area contributed by atoms with Crippen LogP contribution in [-0.4, -0.2) is 49.3 Å². The van der Waals surface area contributed by atoms with E-state index in [9.17, 15) is 4.79 Å². The van der Waals surface area contributed by atoms with E-state index in [1.807, 2.05) is 79.0 Å². The third-order valence-electron chi connectivity index (χ3n) is 6.42. The number of nitrogens with one attached hydrogen (secondary N) is 1. The fourth-order valence-electron chi connectivity index (χ4n) is 4.85. The Morgan fingerprint density at radius 3 is 2.71 bits per heavy atom. The normalized spacial score (nSPS) is 20.1. The molecule has 7 nitrogen and oxygen atoms in total. The van der Waals surface area contributed by atoms with Crippen molar-refractivity contribution in [2.75, 3.05) is 11.9 Å². The second kappa shape index (κ2) is 7.25. The molecule has 162 valence electrons. The average Bonchev–Trinajstić information content (AvgIpc) is 3.28. The van der Waals surface area contributed by atoms with Crippen LogP contribution in [0.15, 0.2) is 48.8 Å². The molecule has 1 aliphatic carbocycles. The Bertz CT molecular complexity index is 1110. The van der Waals surface area contributed by atoms with Crippen LogP contribution in [0.4, 0.5) is 10.6 Å². The number of aromatic nitrogens is 3. The van der Waals surface area contributed by atoms with Gasteiger partial charge in [-0.05, 0) is 70.7 Å². The third-order valence-corrected chi connectivity index (χ3v) is 6.42. The van der Waals surface area contributed by atoms with E-state index < -0.39 is 5.60 Å². The maximum Gasteiger partial charge on any atom is 0.410 e. The number of nitrogens with zero attached hydrogens (tertiary/aromatic N) is 4. The predicted molar refractivity (Wildman–Crippen MR) is 120 cm³/mol. The lowest BCUT2D eigenvalue weighted by molar-refractivity contribution is -0.0120. The number of amides is 1. The summed E-state index contributed by atoms with van der Waals surface area (Å²) in [6, 6.07) is 14.2. The summed E-state index contributed by atoms with van der Waals surface area (Å²) in [7, 11) is 0. The van der Waals surface area contributed by atoms with Crippen LogP contribution in [-0.2, 0) is 4.74 Å². The first-order valence-electron chi connectivity index (χ1n) is 11.0. The van der Waals surface area contributed by atoms with E-state index in [1.54, 1.807) is 0 Å². The molecule has 3 aromatic rings. The van der Waals surface area contributed by atoms with E-state index in [-0.39, 0.29) is 17.7 Å². The maximum atomic E-state index is 12.9. The number of benzene rings is 1. The largest absolute Gasteiger partial charge is 0.444 e. The minimum atomic E-state index is -0.489. The summed E-state index contributed by atoms with van der Waals surface area (Å²) in [5.74, 6) is 1.64. The summed E-state index contributed by atoms with van der Waals surface area (Å²) in [4.78, 5) is 24.1. The number of anilines is 1. The standard InChI is InChI=1S/C24H29N5O2/c1-23(2,3)31-22(30)29-15-12-19(24(29)13-7-14-24)26-20-10-6-11-21(27-20)28-16-25-17-8-4-5-9-18(17)28/h4-6,8-11,16,19H,7,12-15H2,1-3H3,(H,26,27). The highest BCUT2D eigenvalue weighted by Gasteiger charge is 2.55. The van der Waals surface area contributed by atoms with E-state index in [0.717, 1.165) is 48.4 Å². The molecule has 2 aliphatic rings. The monoisotopic (exact) mass is 419 g/mol. The molecule has 1 saturated heterocycles. The van der Waals surface area contributed by atoms with Gasteiger partial charge in [-0.1, -0.05) is 18.2 Å². The van der Waals surface area contributed by atoms with E-state index in [0.29, 0.717) is 6.54 Å². The summed E-state index contributed by atoms with van der Waals surface area (Å²) in [6.45, 7) is 6.45. The van der Waals surface area contributed by atoms with E-state index >= 15 is 0 Å². The Morgan fingerprint density at radius 1 is 1.16 bits per heavy atom. The highest BCUT2D eigenvalue weighted by atomic mass is 16.6. The number of imidazole rings is 1. The van der Waals surface area contributed by atoms with Crippen molar-refractivity contribution in [2.45, 2.75) is 63.6 Å². The molecule has 2 aromatic heterocycles. The van der Waals surface area contributed by atoms with Gasteiger partial charge in [-0.2, -0.15) is 0 Å². The highest BCUT2D eigenvalue weighted by molar-refractivity contribution is 5.77. The van der Waals surface area contributed by atoms with Crippen LogP contribution in [0.2, 0.25) is 0 Å². The van der Waals surface area contributed by atoms with Gasteiger partial charge < -0.3 is 15.0 Å². The Morgan fingerprint density at radius 2 is 1.97 bits per heavy atom. The van der Waals surface area contributed by atoms with Crippen LogP contribution in [0.1, 0.15) is 46.5 Å². The van der Waals surface area contributed by atoms with Crippen LogP contribution in [0.3, 0.4) is 0 Å². The van der Waals surface area contributed by atoms with Gasteiger partial charge in [-0.3, -0.25) is 4.57 Å². The first kappa shape index (κ1) is 19.8. The zero-order chi connectivity index (χ0) is 21.6. The van der Waals surface area contributed by atoms with Crippen molar-refractivity contribution < 1.29 is 9.53 Å². The quantitative estimate of drug-likeness (QED) is 0.662. The zero-order valence-corrected chi connectivity index (χ0v) is 18.3. The van der Waals surface area contributed by atoms with Gasteiger partial charge >= 0.3 is 6.09 Å². The SMILES string of the molecule is CC(C)(C)OC(=O)N1CCC(Nc2cccc(-n3cnc4ccccc43)n2)C12CCC2. The van der Waals surface area contributed by atoms with Crippen LogP contribution < -0.4 is 5.32 Å². The molecule has 1 amide bonds. The minimum absolute atomic E-state index is 0.163. The van der Waals surface area contributed by atoms with Crippen molar-refractivity contribution in [2.24, 2.45) is 0 Å². The van der Waals surface area contributed by atoms with E-state index in [1.165, 1.54) is 0 Å². The zero-order valence-electron chi connectivity index (χ0n) is 18.3. The van der Waals surface area contributed by atoms with Gasteiger partial charge in [-0.15, -0.1) is 0 Å². The Balaban J connectivity index is 1.38. The molecule has 5 rings (SSSR count). The lowest BCUT2D eigenvalue weighted by atomic mass is 9.72. The summed E-state index contributed by atoms with van der Waals surface area (Å²) in [5, 5.41) is 3.64. The smallest absolute Gasteiger partial charge is 0.410 e. The molecular formula is C24H29N5O2. The number of carbonyl (C=O) groups excluding carboxylic acids is 1. The summed E-state index contributed by atoms with van der Waals surface area (Å²) < 4.78 is 7.69. The average molecular weight is 420 g/mol. The number of ether oxygens (including phenoxy) is 1. The number of rotatable bonds is 3. The number of para-hydroxylation sites is 2. The predicted octanol–water partition coefficient (Wildman–Crippen LogP) is 4.76. The first-order valence-corrected chi connectivity index (χ1v) is 11.0. The van der Waals surface area contributed by atoms with Gasteiger partial charge in [0.15, 0.2) is 0 Å². The Hall–Kier alpha value is -3.09. The van der Waals surface area contributed by atoms with Gasteiger partial charge in [0.25, 0.3) is 0 Å². The van der Waals surface area contributed by atoms with Crippen molar-refractivity contribution in [3.05, 3.63) is 48.8 Å². The van der Waals surface area contributed by atoms with Gasteiger partial charge in [0.2, 0.25) is 0 Å². The molecule has 1 saturated carbocycles. The second-order valence-corrected chi connectivity index (χ2v) is 9.56. The van der Waals surface area contributed by atoms with Crippen molar-refractivity contribution in [3.8, 4) is 5.82 Å². The maximum absolute atomic E-state index is 12.9. The molecule has 1 aliphatic heterocycles. The lowest BCUT2D eigenvalue weighted by Gasteiger charge is -2.49. The molecule has 1 atom stereocenters. The molecule has 1 aromatic carbocycles. The number of pyridine rings is 1. The topological polar surface area (TPSA) is 72.3 Å². The van der Waals surface area contributed by atoms with Gasteiger partial charge in [0, 0.05) is 6.54 Å². The fourth-order valence-corrected chi connectivity index (χ4v) is 4.85. The van der Waals surface area contributed by atoms with Gasteiger partial charge in [-0.25, -0.2) is 14.8 Å². The van der Waals surface area contributed by atoms with Gasteiger partial charge in [0.05, 0.1) is 22.6 Å². The molecular weight excluding hydrogens is 390 g/mol. The van der Waals surface area contributed by atoms with Crippen LogP contribution in [0, 0.1) is 0 Å². The third kappa shape index (κ3) is 3.52.